The first-order chi connectivity index (χ1) is 6.00. The van der Waals surface area contributed by atoms with Gasteiger partial charge >= 0.3 is 0 Å². The fraction of sp³-hybridized carbons (Fsp3) is 1.00. The third-order valence-electron chi connectivity index (χ3n) is 3.78. The lowest BCUT2D eigenvalue weighted by atomic mass is 9.67. The summed E-state index contributed by atoms with van der Waals surface area (Å²) in [4.78, 5) is 0. The quantitative estimate of drug-likeness (QED) is 0.686. The predicted molar refractivity (Wildman–Crippen MR) is 52.4 cm³/mol. The van der Waals surface area contributed by atoms with Crippen LogP contribution in [-0.4, -0.2) is 30.5 Å². The van der Waals surface area contributed by atoms with Gasteiger partial charge < -0.3 is 15.6 Å². The maximum atomic E-state index is 10.5. The van der Waals surface area contributed by atoms with Crippen LogP contribution in [0.2, 0.25) is 0 Å². The molecule has 3 unspecified atom stereocenters. The molecule has 0 saturated carbocycles. The molecular formula is C10H21NO2. The molecule has 13 heavy (non-hydrogen) atoms. The van der Waals surface area contributed by atoms with Gasteiger partial charge in [0.15, 0.2) is 0 Å². The van der Waals surface area contributed by atoms with Crippen molar-refractivity contribution in [2.24, 2.45) is 17.1 Å². The lowest BCUT2D eigenvalue weighted by Crippen LogP contribution is -2.54. The van der Waals surface area contributed by atoms with Crippen LogP contribution in [0, 0.1) is 11.3 Å². The maximum absolute atomic E-state index is 10.5. The van der Waals surface area contributed by atoms with Crippen molar-refractivity contribution < 1.29 is 9.84 Å². The molecule has 3 atom stereocenters. The molecule has 3 N–H and O–H groups in total. The lowest BCUT2D eigenvalue weighted by molar-refractivity contribution is -0.0971. The van der Waals surface area contributed by atoms with Gasteiger partial charge in [0.05, 0.1) is 18.8 Å². The Kier molecular flexibility index (Phi) is 3.00. The molecule has 1 heterocycles. The van der Waals surface area contributed by atoms with E-state index in [0.29, 0.717) is 19.8 Å². The molecule has 3 nitrogen and oxygen atoms in total. The molecule has 3 heteroatoms. The van der Waals surface area contributed by atoms with Crippen molar-refractivity contribution in [3.63, 3.8) is 0 Å². The van der Waals surface area contributed by atoms with E-state index in [1.807, 2.05) is 13.8 Å². The van der Waals surface area contributed by atoms with E-state index >= 15 is 0 Å². The summed E-state index contributed by atoms with van der Waals surface area (Å²) in [5.74, 6) is 0.181. The molecular weight excluding hydrogens is 166 g/mol. The van der Waals surface area contributed by atoms with Gasteiger partial charge in [-0.25, -0.2) is 0 Å². The van der Waals surface area contributed by atoms with Crippen molar-refractivity contribution in [2.75, 3.05) is 19.8 Å². The summed E-state index contributed by atoms with van der Waals surface area (Å²) in [6.07, 6.45) is 0.883. The summed E-state index contributed by atoms with van der Waals surface area (Å²) in [6, 6.07) is 0. The summed E-state index contributed by atoms with van der Waals surface area (Å²) in [5.41, 5.74) is 4.77. The van der Waals surface area contributed by atoms with Crippen LogP contribution in [0.25, 0.3) is 0 Å². The Morgan fingerprint density at radius 3 is 2.62 bits per heavy atom. The average molecular weight is 187 g/mol. The first-order valence-electron chi connectivity index (χ1n) is 5.00. The molecule has 1 aliphatic heterocycles. The van der Waals surface area contributed by atoms with E-state index in [4.69, 9.17) is 10.5 Å². The standard InChI is InChI=1S/C10H21NO2/c1-4-9(3,6-11)10(12)7-13-5-8(10)2/h8,12H,4-7,11H2,1-3H3. The van der Waals surface area contributed by atoms with Gasteiger partial charge in [0.25, 0.3) is 0 Å². The van der Waals surface area contributed by atoms with Gasteiger partial charge in [-0.05, 0) is 6.42 Å². The van der Waals surface area contributed by atoms with Crippen LogP contribution in [-0.2, 0) is 4.74 Å². The van der Waals surface area contributed by atoms with Crippen LogP contribution in [0.3, 0.4) is 0 Å². The summed E-state index contributed by atoms with van der Waals surface area (Å²) < 4.78 is 5.32. The molecule has 0 aromatic rings. The number of ether oxygens (including phenoxy) is 1. The minimum absolute atomic E-state index is 0.181. The highest BCUT2D eigenvalue weighted by Gasteiger charge is 2.51. The van der Waals surface area contributed by atoms with E-state index in [1.54, 1.807) is 0 Å². The van der Waals surface area contributed by atoms with E-state index in [0.717, 1.165) is 6.42 Å². The van der Waals surface area contributed by atoms with Gasteiger partial charge in [-0.3, -0.25) is 0 Å². The summed E-state index contributed by atoms with van der Waals surface area (Å²) in [7, 11) is 0. The third-order valence-corrected chi connectivity index (χ3v) is 3.78. The molecule has 0 aromatic carbocycles. The Morgan fingerprint density at radius 2 is 2.31 bits per heavy atom. The Balaban J connectivity index is 2.88. The molecule has 78 valence electrons. The zero-order valence-electron chi connectivity index (χ0n) is 8.84. The molecule has 0 spiro atoms. The van der Waals surface area contributed by atoms with Crippen LogP contribution >= 0.6 is 0 Å². The fourth-order valence-corrected chi connectivity index (χ4v) is 2.07. The van der Waals surface area contributed by atoms with Crippen LogP contribution in [0.5, 0.6) is 0 Å². The molecule has 0 bridgehead atoms. The Bertz CT molecular complexity index is 180. The number of hydrogen-bond acceptors (Lipinski definition) is 3. The van der Waals surface area contributed by atoms with E-state index in [-0.39, 0.29) is 11.3 Å². The van der Waals surface area contributed by atoms with Crippen molar-refractivity contribution in [2.45, 2.75) is 32.8 Å². The molecule has 0 aliphatic carbocycles. The highest BCUT2D eigenvalue weighted by Crippen LogP contribution is 2.42. The largest absolute Gasteiger partial charge is 0.386 e. The Morgan fingerprint density at radius 1 is 1.69 bits per heavy atom. The van der Waals surface area contributed by atoms with Crippen molar-refractivity contribution >= 4 is 0 Å². The highest BCUT2D eigenvalue weighted by molar-refractivity contribution is 5.02. The molecule has 1 aliphatic rings. The lowest BCUT2D eigenvalue weighted by Gasteiger charge is -2.43. The first kappa shape index (κ1) is 11.0. The molecule has 0 aromatic heterocycles. The normalized spacial score (nSPS) is 39.0. The zero-order chi connectivity index (χ0) is 10.1. The van der Waals surface area contributed by atoms with Crippen LogP contribution in [0.1, 0.15) is 27.2 Å². The van der Waals surface area contributed by atoms with Gasteiger partial charge in [-0.2, -0.15) is 0 Å². The van der Waals surface area contributed by atoms with Gasteiger partial charge in [0.2, 0.25) is 0 Å². The summed E-state index contributed by atoms with van der Waals surface area (Å²) >= 11 is 0. The Labute approximate surface area is 80.3 Å². The third kappa shape index (κ3) is 1.49. The smallest absolute Gasteiger partial charge is 0.0992 e. The van der Waals surface area contributed by atoms with Crippen LogP contribution in [0.15, 0.2) is 0 Å². The van der Waals surface area contributed by atoms with E-state index in [9.17, 15) is 5.11 Å². The molecule has 0 amide bonds. The van der Waals surface area contributed by atoms with Crippen molar-refractivity contribution in [3.8, 4) is 0 Å². The monoisotopic (exact) mass is 187 g/mol. The van der Waals surface area contributed by atoms with Crippen molar-refractivity contribution in [3.05, 3.63) is 0 Å². The second kappa shape index (κ2) is 3.56. The van der Waals surface area contributed by atoms with Gasteiger partial charge in [0.1, 0.15) is 0 Å². The second-order valence-electron chi connectivity index (χ2n) is 4.46. The fourth-order valence-electron chi connectivity index (χ4n) is 2.07. The first-order valence-corrected chi connectivity index (χ1v) is 5.00. The topological polar surface area (TPSA) is 55.5 Å². The van der Waals surface area contributed by atoms with E-state index in [2.05, 4.69) is 6.92 Å². The van der Waals surface area contributed by atoms with Crippen LogP contribution in [0.4, 0.5) is 0 Å². The second-order valence-corrected chi connectivity index (χ2v) is 4.46. The predicted octanol–water partition coefficient (Wildman–Crippen LogP) is 0.759. The van der Waals surface area contributed by atoms with Crippen LogP contribution < -0.4 is 5.73 Å². The molecule has 1 saturated heterocycles. The minimum Gasteiger partial charge on any atom is -0.386 e. The number of hydrogen-bond donors (Lipinski definition) is 2. The van der Waals surface area contributed by atoms with E-state index in [1.165, 1.54) is 0 Å². The molecule has 1 rings (SSSR count). The van der Waals surface area contributed by atoms with Crippen molar-refractivity contribution in [1.82, 2.24) is 0 Å². The zero-order valence-corrected chi connectivity index (χ0v) is 8.84. The SMILES string of the molecule is CCC(C)(CN)C1(O)COCC1C. The highest BCUT2D eigenvalue weighted by atomic mass is 16.5. The molecule has 1 fully saturated rings. The summed E-state index contributed by atoms with van der Waals surface area (Å²) in [5, 5.41) is 10.5. The number of rotatable bonds is 3. The van der Waals surface area contributed by atoms with Gasteiger partial charge in [-0.1, -0.05) is 20.8 Å². The summed E-state index contributed by atoms with van der Waals surface area (Å²) in [6.45, 7) is 7.71. The van der Waals surface area contributed by atoms with Gasteiger partial charge in [-0.15, -0.1) is 0 Å². The number of nitrogens with two attached hydrogens (primary N) is 1. The Hall–Kier alpha value is -0.120. The average Bonchev–Trinajstić information content (AvgIpc) is 2.47. The van der Waals surface area contributed by atoms with Crippen molar-refractivity contribution in [1.29, 1.82) is 0 Å². The maximum Gasteiger partial charge on any atom is 0.0992 e. The number of aliphatic hydroxyl groups is 1. The minimum atomic E-state index is -0.740. The van der Waals surface area contributed by atoms with E-state index < -0.39 is 5.60 Å². The molecule has 0 radical (unpaired) electrons. The van der Waals surface area contributed by atoms with Gasteiger partial charge in [0, 0.05) is 17.9 Å².